The number of phenolic OH excluding ortho intramolecular Hbond substituents is 2. The van der Waals surface area contributed by atoms with E-state index in [-0.39, 0.29) is 39.9 Å². The van der Waals surface area contributed by atoms with Crippen molar-refractivity contribution >= 4 is 22.9 Å². The van der Waals surface area contributed by atoms with Crippen LogP contribution < -0.4 is 10.6 Å². The molecule has 0 aromatic heterocycles. The van der Waals surface area contributed by atoms with Crippen LogP contribution in [0.2, 0.25) is 0 Å². The summed E-state index contributed by atoms with van der Waals surface area (Å²) in [5, 5.41) is 37.0. The summed E-state index contributed by atoms with van der Waals surface area (Å²) in [5.74, 6) is -1.67. The van der Waals surface area contributed by atoms with Crippen LogP contribution in [0.15, 0.2) is 24.3 Å². The molecule has 2 aromatic carbocycles. The van der Waals surface area contributed by atoms with Gasteiger partial charge in [0.2, 0.25) is 11.6 Å². The lowest BCUT2D eigenvalue weighted by Crippen LogP contribution is -2.38. The number of nitrogens with one attached hydrogen (secondary N) is 2. The largest absolute Gasteiger partial charge is 0.507 e. The van der Waals surface area contributed by atoms with Gasteiger partial charge in [0.25, 0.3) is 0 Å². The normalized spacial score (nSPS) is 16.5. The van der Waals surface area contributed by atoms with Crippen LogP contribution in [0.3, 0.4) is 0 Å². The van der Waals surface area contributed by atoms with Crippen LogP contribution in [0.5, 0.6) is 11.5 Å². The van der Waals surface area contributed by atoms with Crippen molar-refractivity contribution < 1.29 is 24.9 Å². The van der Waals surface area contributed by atoms with E-state index in [1.54, 1.807) is 12.1 Å². The average molecular weight is 469 g/mol. The second-order valence-corrected chi connectivity index (χ2v) is 9.15. The van der Waals surface area contributed by atoms with Gasteiger partial charge < -0.3 is 35.8 Å². The van der Waals surface area contributed by atoms with E-state index in [2.05, 4.69) is 15.5 Å². The highest BCUT2D eigenvalue weighted by molar-refractivity contribution is 6.33. The first-order chi connectivity index (χ1) is 16.3. The minimum absolute atomic E-state index is 0.169. The smallest absolute Gasteiger partial charge is 0.200 e. The van der Waals surface area contributed by atoms with Crippen LogP contribution in [-0.4, -0.2) is 96.2 Å². The number of hydrogen-bond donors (Lipinski definition) is 5. The molecule has 2 aromatic rings. The first-order valence-corrected chi connectivity index (χ1v) is 11.6. The first-order valence-electron chi connectivity index (χ1n) is 11.6. The van der Waals surface area contributed by atoms with Crippen molar-refractivity contribution in [1.29, 1.82) is 0 Å². The van der Waals surface area contributed by atoms with Gasteiger partial charge >= 0.3 is 0 Å². The van der Waals surface area contributed by atoms with Crippen LogP contribution in [-0.2, 0) is 0 Å². The number of carbonyl (C=O) groups excluding carboxylic acids is 2. The fourth-order valence-electron chi connectivity index (χ4n) is 4.57. The standard InChI is InChI=1S/C25H32N4O5/c1-28(2)13-9-26-16-3-4-17(27-10-14-29-11-7-15(30)8-12-29)21-20(16)24(33)22-18(31)5-6-19(32)23(22)25(21)34/h3-6,15,26-27,30-32H,7-14H2,1-2H3. The number of aliphatic hydroxyl groups is 1. The number of likely N-dealkylation sites (tertiary alicyclic amines) is 1. The number of aromatic hydroxyl groups is 2. The zero-order valence-electron chi connectivity index (χ0n) is 19.6. The van der Waals surface area contributed by atoms with Crippen molar-refractivity contribution in [2.24, 2.45) is 0 Å². The summed E-state index contributed by atoms with van der Waals surface area (Å²) < 4.78 is 0. The fourth-order valence-corrected chi connectivity index (χ4v) is 4.57. The number of ketones is 2. The second kappa shape index (κ2) is 10.0. The molecule has 1 fully saturated rings. The second-order valence-electron chi connectivity index (χ2n) is 9.15. The number of carbonyl (C=O) groups is 2. The quantitative estimate of drug-likeness (QED) is 0.314. The molecule has 5 N–H and O–H groups in total. The minimum atomic E-state index is -0.502. The number of fused-ring (bicyclic) bond motifs is 2. The Labute approximate surface area is 199 Å². The summed E-state index contributed by atoms with van der Waals surface area (Å²) in [7, 11) is 3.89. The van der Waals surface area contributed by atoms with Crippen molar-refractivity contribution in [1.82, 2.24) is 9.80 Å². The Morgan fingerprint density at radius 1 is 0.853 bits per heavy atom. The number of rotatable bonds is 8. The Hall–Kier alpha value is -3.14. The molecule has 0 saturated carbocycles. The van der Waals surface area contributed by atoms with Crippen LogP contribution in [0.4, 0.5) is 11.4 Å². The highest BCUT2D eigenvalue weighted by atomic mass is 16.3. The maximum atomic E-state index is 13.5. The maximum Gasteiger partial charge on any atom is 0.200 e. The van der Waals surface area contributed by atoms with Gasteiger partial charge in [-0.2, -0.15) is 0 Å². The molecule has 1 aliphatic carbocycles. The molecule has 0 atom stereocenters. The van der Waals surface area contributed by atoms with E-state index in [4.69, 9.17) is 0 Å². The topological polar surface area (TPSA) is 125 Å². The number of hydrogen-bond acceptors (Lipinski definition) is 9. The molecule has 0 bridgehead atoms. The number of likely N-dealkylation sites (N-methyl/N-ethyl adjacent to an activating group) is 1. The molecule has 4 rings (SSSR count). The average Bonchev–Trinajstić information content (AvgIpc) is 2.80. The van der Waals surface area contributed by atoms with E-state index in [1.807, 2.05) is 19.0 Å². The van der Waals surface area contributed by atoms with Gasteiger partial charge in [0.15, 0.2) is 0 Å². The van der Waals surface area contributed by atoms with Crippen molar-refractivity contribution in [3.05, 3.63) is 46.5 Å². The summed E-state index contributed by atoms with van der Waals surface area (Å²) in [5.41, 5.74) is 1.08. The van der Waals surface area contributed by atoms with E-state index in [0.717, 1.165) is 39.0 Å². The molecule has 34 heavy (non-hydrogen) atoms. The number of benzene rings is 2. The third kappa shape index (κ3) is 4.72. The predicted octanol–water partition coefficient (Wildman–Crippen LogP) is 1.72. The first kappa shape index (κ1) is 24.0. The predicted molar refractivity (Wildman–Crippen MR) is 130 cm³/mol. The molecule has 2 aliphatic rings. The third-order valence-electron chi connectivity index (χ3n) is 6.45. The Morgan fingerprint density at radius 2 is 1.35 bits per heavy atom. The van der Waals surface area contributed by atoms with Crippen molar-refractivity contribution in [3.8, 4) is 11.5 Å². The Morgan fingerprint density at radius 3 is 1.85 bits per heavy atom. The third-order valence-corrected chi connectivity index (χ3v) is 6.45. The van der Waals surface area contributed by atoms with Crippen LogP contribution in [0.1, 0.15) is 44.7 Å². The highest BCUT2D eigenvalue weighted by Gasteiger charge is 2.38. The molecule has 9 nitrogen and oxygen atoms in total. The van der Waals surface area contributed by atoms with Crippen molar-refractivity contribution in [3.63, 3.8) is 0 Å². The van der Waals surface area contributed by atoms with Crippen LogP contribution in [0, 0.1) is 0 Å². The molecule has 1 saturated heterocycles. The summed E-state index contributed by atoms with van der Waals surface area (Å²) in [6.07, 6.45) is 1.25. The molecule has 0 radical (unpaired) electrons. The summed E-state index contributed by atoms with van der Waals surface area (Å²) in [6, 6.07) is 5.99. The zero-order valence-corrected chi connectivity index (χ0v) is 19.6. The Balaban J connectivity index is 1.65. The Kier molecular flexibility index (Phi) is 7.06. The summed E-state index contributed by atoms with van der Waals surface area (Å²) in [4.78, 5) is 31.3. The van der Waals surface area contributed by atoms with Gasteiger partial charge in [-0.3, -0.25) is 9.59 Å². The van der Waals surface area contributed by atoms with Gasteiger partial charge in [0, 0.05) is 50.6 Å². The number of anilines is 2. The fraction of sp³-hybridized carbons (Fsp3) is 0.440. The zero-order chi connectivity index (χ0) is 24.4. The number of phenols is 2. The Bertz CT molecular complexity index is 1090. The number of nitrogens with zero attached hydrogens (tertiary/aromatic N) is 2. The van der Waals surface area contributed by atoms with Gasteiger partial charge in [0.05, 0.1) is 28.4 Å². The molecule has 0 unspecified atom stereocenters. The van der Waals surface area contributed by atoms with E-state index in [0.29, 0.717) is 24.5 Å². The van der Waals surface area contributed by atoms with Gasteiger partial charge in [0.1, 0.15) is 11.5 Å². The molecule has 1 heterocycles. The van der Waals surface area contributed by atoms with Crippen LogP contribution >= 0.6 is 0 Å². The molecule has 9 heteroatoms. The maximum absolute atomic E-state index is 13.5. The lowest BCUT2D eigenvalue weighted by molar-refractivity contribution is 0.0845. The summed E-state index contributed by atoms with van der Waals surface area (Å²) in [6.45, 7) is 4.20. The number of aliphatic hydroxyl groups excluding tert-OH is 1. The monoisotopic (exact) mass is 468 g/mol. The highest BCUT2D eigenvalue weighted by Crippen LogP contribution is 2.42. The SMILES string of the molecule is CN(C)CCNc1ccc(NCCN2CCC(O)CC2)c2c1C(=O)c1c(O)ccc(O)c1C2=O. The molecular weight excluding hydrogens is 436 g/mol. The van der Waals surface area contributed by atoms with Crippen molar-refractivity contribution in [2.45, 2.75) is 18.9 Å². The molecule has 0 spiro atoms. The molecular formula is C25H32N4O5. The summed E-state index contributed by atoms with van der Waals surface area (Å²) >= 11 is 0. The van der Waals surface area contributed by atoms with Gasteiger partial charge in [-0.25, -0.2) is 0 Å². The van der Waals surface area contributed by atoms with E-state index >= 15 is 0 Å². The van der Waals surface area contributed by atoms with E-state index < -0.39 is 11.6 Å². The van der Waals surface area contributed by atoms with E-state index in [9.17, 15) is 24.9 Å². The molecule has 182 valence electrons. The van der Waals surface area contributed by atoms with E-state index in [1.165, 1.54) is 12.1 Å². The molecule has 1 aliphatic heterocycles. The molecule has 0 amide bonds. The number of piperidine rings is 1. The van der Waals surface area contributed by atoms with Crippen molar-refractivity contribution in [2.75, 3.05) is 64.0 Å². The van der Waals surface area contributed by atoms with Gasteiger partial charge in [-0.15, -0.1) is 0 Å². The van der Waals surface area contributed by atoms with Gasteiger partial charge in [-0.05, 0) is 51.2 Å². The van der Waals surface area contributed by atoms with Gasteiger partial charge in [-0.1, -0.05) is 0 Å². The lowest BCUT2D eigenvalue weighted by atomic mass is 9.81. The lowest BCUT2D eigenvalue weighted by Gasteiger charge is -2.30. The van der Waals surface area contributed by atoms with Crippen LogP contribution in [0.25, 0.3) is 0 Å². The minimum Gasteiger partial charge on any atom is -0.507 e.